The molecule has 0 saturated heterocycles. The van der Waals surface area contributed by atoms with Crippen molar-refractivity contribution in [2.45, 2.75) is 25.8 Å². The van der Waals surface area contributed by atoms with Gasteiger partial charge < -0.3 is 11.5 Å². The zero-order chi connectivity index (χ0) is 12.1. The Morgan fingerprint density at radius 1 is 1.39 bits per heavy atom. The number of nitrogen functional groups attached to an aromatic ring is 1. The van der Waals surface area contributed by atoms with Crippen molar-refractivity contribution in [2.24, 2.45) is 5.73 Å². The fraction of sp³-hybridized carbons (Fsp3) is 0.364. The third-order valence-corrected chi connectivity index (χ3v) is 2.02. The van der Waals surface area contributed by atoms with Gasteiger partial charge >= 0.3 is 0 Å². The van der Waals surface area contributed by atoms with E-state index in [1.54, 1.807) is 6.08 Å². The van der Waals surface area contributed by atoms with Crippen molar-refractivity contribution in [3.63, 3.8) is 0 Å². The van der Waals surface area contributed by atoms with Crippen molar-refractivity contribution in [2.75, 3.05) is 5.73 Å². The number of halogens is 4. The molecule has 1 rings (SSSR count). The number of aromatic nitrogens is 1. The molecule has 1 heterocycles. The molecule has 1 aromatic heterocycles. The van der Waals surface area contributed by atoms with E-state index in [-0.39, 0.29) is 42.2 Å². The highest BCUT2D eigenvalue weighted by Crippen LogP contribution is 2.24. The highest BCUT2D eigenvalue weighted by molar-refractivity contribution is 5.85. The normalized spacial score (nSPS) is 12.1. The fourth-order valence-electron chi connectivity index (χ4n) is 1.19. The van der Waals surface area contributed by atoms with Gasteiger partial charge in [0.05, 0.1) is 5.56 Å². The first-order chi connectivity index (χ1) is 7.50. The lowest BCUT2D eigenvalue weighted by Gasteiger charge is -2.04. The first-order valence-corrected chi connectivity index (χ1v) is 4.96. The monoisotopic (exact) mass is 299 g/mol. The van der Waals surface area contributed by atoms with Gasteiger partial charge in [-0.1, -0.05) is 12.2 Å². The van der Waals surface area contributed by atoms with E-state index in [0.29, 0.717) is 12.0 Å². The van der Waals surface area contributed by atoms with Crippen LogP contribution in [0.15, 0.2) is 18.3 Å². The van der Waals surface area contributed by atoms with Crippen LogP contribution in [0.4, 0.5) is 14.6 Å². The molecule has 0 radical (unpaired) electrons. The third-order valence-electron chi connectivity index (χ3n) is 2.02. The second-order valence-electron chi connectivity index (χ2n) is 3.66. The Bertz CT molecular complexity index is 385. The molecule has 0 fully saturated rings. The molecule has 0 unspecified atom stereocenters. The van der Waals surface area contributed by atoms with Crippen LogP contribution in [0.2, 0.25) is 0 Å². The number of rotatable bonds is 4. The molecular formula is C11H17Cl2F2N3. The molecule has 18 heavy (non-hydrogen) atoms. The average Bonchev–Trinajstić information content (AvgIpc) is 2.19. The van der Waals surface area contributed by atoms with Crippen LogP contribution in [-0.2, 0) is 0 Å². The van der Waals surface area contributed by atoms with Gasteiger partial charge in [0.15, 0.2) is 0 Å². The molecule has 4 N–H and O–H groups in total. The lowest BCUT2D eigenvalue weighted by Crippen LogP contribution is -2.12. The van der Waals surface area contributed by atoms with Crippen molar-refractivity contribution >= 4 is 36.7 Å². The van der Waals surface area contributed by atoms with Crippen LogP contribution < -0.4 is 11.5 Å². The Kier molecular flexibility index (Phi) is 9.80. The average molecular weight is 300 g/mol. The molecule has 3 nitrogen and oxygen atoms in total. The van der Waals surface area contributed by atoms with Crippen LogP contribution >= 0.6 is 24.8 Å². The third kappa shape index (κ3) is 6.14. The Balaban J connectivity index is 0. The standard InChI is InChI=1S/C11H15F2N3.2ClH/c1-7(14)3-2-4-8-5-9(10(12)13)11(15)16-6-8;;/h2,4-7,10H,3,14H2,1H3,(H2,15,16);2*1H/b4-2+;;/t7-;;/m0../s1. The largest absolute Gasteiger partial charge is 0.383 e. The second kappa shape index (κ2) is 9.08. The zero-order valence-corrected chi connectivity index (χ0v) is 11.5. The van der Waals surface area contributed by atoms with Gasteiger partial charge in [-0.2, -0.15) is 0 Å². The predicted octanol–water partition coefficient (Wildman–Crippen LogP) is 3.20. The van der Waals surface area contributed by atoms with Gasteiger partial charge in [-0.3, -0.25) is 0 Å². The molecule has 0 bridgehead atoms. The molecule has 1 atom stereocenters. The highest BCUT2D eigenvalue weighted by atomic mass is 35.5. The van der Waals surface area contributed by atoms with Crippen molar-refractivity contribution in [1.29, 1.82) is 0 Å². The summed E-state index contributed by atoms with van der Waals surface area (Å²) in [5.74, 6) is -0.126. The smallest absolute Gasteiger partial charge is 0.267 e. The van der Waals surface area contributed by atoms with E-state index in [9.17, 15) is 8.78 Å². The number of hydrogen-bond acceptors (Lipinski definition) is 3. The van der Waals surface area contributed by atoms with Gasteiger partial charge in [-0.05, 0) is 25.0 Å². The zero-order valence-electron chi connectivity index (χ0n) is 9.85. The molecule has 1 aromatic rings. The van der Waals surface area contributed by atoms with Gasteiger partial charge in [0.25, 0.3) is 6.43 Å². The molecule has 0 spiro atoms. The van der Waals surface area contributed by atoms with Crippen LogP contribution in [0.5, 0.6) is 0 Å². The van der Waals surface area contributed by atoms with E-state index in [0.717, 1.165) is 0 Å². The van der Waals surface area contributed by atoms with Crippen LogP contribution in [0.1, 0.15) is 30.9 Å². The number of hydrogen-bond donors (Lipinski definition) is 2. The van der Waals surface area contributed by atoms with E-state index >= 15 is 0 Å². The quantitative estimate of drug-likeness (QED) is 0.897. The minimum Gasteiger partial charge on any atom is -0.383 e. The number of pyridine rings is 1. The minimum absolute atomic E-state index is 0. The maximum Gasteiger partial charge on any atom is 0.267 e. The van der Waals surface area contributed by atoms with E-state index in [1.807, 2.05) is 13.0 Å². The summed E-state index contributed by atoms with van der Waals surface area (Å²) in [6, 6.07) is 1.39. The summed E-state index contributed by atoms with van der Waals surface area (Å²) in [4.78, 5) is 3.71. The first kappa shape index (κ1) is 19.4. The molecule has 0 aliphatic heterocycles. The molecule has 104 valence electrons. The van der Waals surface area contributed by atoms with Gasteiger partial charge in [-0.25, -0.2) is 13.8 Å². The summed E-state index contributed by atoms with van der Waals surface area (Å²) in [6.07, 6.45) is 3.08. The number of nitrogens with zero attached hydrogens (tertiary/aromatic N) is 1. The van der Waals surface area contributed by atoms with Gasteiger partial charge in [0.1, 0.15) is 5.82 Å². The summed E-state index contributed by atoms with van der Waals surface area (Å²) in [5.41, 5.74) is 11.3. The summed E-state index contributed by atoms with van der Waals surface area (Å²) < 4.78 is 25.0. The summed E-state index contributed by atoms with van der Waals surface area (Å²) in [5, 5.41) is 0. The molecule has 0 aliphatic carbocycles. The Morgan fingerprint density at radius 3 is 2.50 bits per heavy atom. The lowest BCUT2D eigenvalue weighted by molar-refractivity contribution is 0.152. The predicted molar refractivity (Wildman–Crippen MR) is 75.4 cm³/mol. The number of alkyl halides is 2. The second-order valence-corrected chi connectivity index (χ2v) is 3.66. The van der Waals surface area contributed by atoms with Crippen LogP contribution in [0, 0.1) is 0 Å². The first-order valence-electron chi connectivity index (χ1n) is 4.96. The van der Waals surface area contributed by atoms with E-state index in [1.165, 1.54) is 12.3 Å². The maximum absolute atomic E-state index is 12.5. The Morgan fingerprint density at radius 2 is 2.00 bits per heavy atom. The Labute approximate surface area is 117 Å². The maximum atomic E-state index is 12.5. The van der Waals surface area contributed by atoms with Crippen LogP contribution in [-0.4, -0.2) is 11.0 Å². The van der Waals surface area contributed by atoms with Gasteiger partial charge in [0, 0.05) is 12.2 Å². The molecule has 7 heteroatoms. The molecular weight excluding hydrogens is 283 g/mol. The number of nitrogens with two attached hydrogens (primary N) is 2. The van der Waals surface area contributed by atoms with Crippen molar-refractivity contribution in [3.05, 3.63) is 29.5 Å². The van der Waals surface area contributed by atoms with E-state index < -0.39 is 6.43 Å². The number of anilines is 1. The van der Waals surface area contributed by atoms with Crippen molar-refractivity contribution < 1.29 is 8.78 Å². The van der Waals surface area contributed by atoms with Gasteiger partial charge in [0.2, 0.25) is 0 Å². The molecule has 0 aromatic carbocycles. The topological polar surface area (TPSA) is 64.9 Å². The fourth-order valence-corrected chi connectivity index (χ4v) is 1.19. The van der Waals surface area contributed by atoms with Crippen LogP contribution in [0.3, 0.4) is 0 Å². The Hall–Kier alpha value is -0.910. The summed E-state index contributed by atoms with van der Waals surface area (Å²) in [6.45, 7) is 1.87. The van der Waals surface area contributed by atoms with Crippen molar-refractivity contribution in [3.8, 4) is 0 Å². The summed E-state index contributed by atoms with van der Waals surface area (Å²) >= 11 is 0. The van der Waals surface area contributed by atoms with E-state index in [2.05, 4.69) is 4.98 Å². The molecule has 0 amide bonds. The lowest BCUT2D eigenvalue weighted by atomic mass is 10.1. The summed E-state index contributed by atoms with van der Waals surface area (Å²) in [7, 11) is 0. The molecule has 0 saturated carbocycles. The van der Waals surface area contributed by atoms with Crippen molar-refractivity contribution in [1.82, 2.24) is 4.98 Å². The minimum atomic E-state index is -2.60. The van der Waals surface area contributed by atoms with E-state index in [4.69, 9.17) is 11.5 Å². The SMILES string of the molecule is C[C@H](N)C/C=C/c1cnc(N)c(C(F)F)c1.Cl.Cl. The van der Waals surface area contributed by atoms with Crippen LogP contribution in [0.25, 0.3) is 6.08 Å². The highest BCUT2D eigenvalue weighted by Gasteiger charge is 2.12. The van der Waals surface area contributed by atoms with Gasteiger partial charge in [-0.15, -0.1) is 24.8 Å². The molecule has 0 aliphatic rings.